The fraction of sp³-hybridized carbons (Fsp3) is 0.833. The van der Waals surface area contributed by atoms with Crippen LogP contribution in [-0.4, -0.2) is 13.7 Å². The maximum absolute atomic E-state index is 10.6. The van der Waals surface area contributed by atoms with Crippen molar-refractivity contribution in [3.63, 3.8) is 0 Å². The van der Waals surface area contributed by atoms with Crippen LogP contribution in [0.4, 0.5) is 0 Å². The Labute approximate surface area is 67.1 Å². The molecular formula is C6H12N2O2S. The molecule has 0 aromatic heterocycles. The molecule has 0 bridgehead atoms. The van der Waals surface area contributed by atoms with E-state index in [1.807, 2.05) is 6.92 Å². The van der Waals surface area contributed by atoms with Gasteiger partial charge in [-0.1, -0.05) is 19.8 Å². The Morgan fingerprint density at radius 1 is 1.64 bits per heavy atom. The van der Waals surface area contributed by atoms with Crippen LogP contribution in [0.1, 0.15) is 26.2 Å². The lowest BCUT2D eigenvalue weighted by Gasteiger charge is -2.03. The molecule has 0 saturated heterocycles. The average molecular weight is 176 g/mol. The Morgan fingerprint density at radius 3 is 2.45 bits per heavy atom. The van der Waals surface area contributed by atoms with Crippen LogP contribution >= 0.6 is 0 Å². The summed E-state index contributed by atoms with van der Waals surface area (Å²) < 4.78 is 21.2. The SMILES string of the molecule is CCCCC(C#N)S(N)(=O)=O. The maximum Gasteiger partial charge on any atom is 0.225 e. The molecule has 0 amide bonds. The molecule has 0 radical (unpaired) electrons. The Bertz CT molecular complexity index is 240. The van der Waals surface area contributed by atoms with Gasteiger partial charge in [0.15, 0.2) is 5.25 Å². The molecule has 1 unspecified atom stereocenters. The Kier molecular flexibility index (Phi) is 4.08. The first-order valence-electron chi connectivity index (χ1n) is 3.43. The number of hydrogen-bond acceptors (Lipinski definition) is 3. The number of nitrogens with two attached hydrogens (primary N) is 1. The molecule has 0 aliphatic heterocycles. The van der Waals surface area contributed by atoms with E-state index in [4.69, 9.17) is 10.4 Å². The second-order valence-corrected chi connectivity index (χ2v) is 4.10. The molecule has 64 valence electrons. The molecule has 4 nitrogen and oxygen atoms in total. The smallest absolute Gasteiger partial charge is 0.225 e. The molecule has 1 atom stereocenters. The Balaban J connectivity index is 4.12. The van der Waals surface area contributed by atoms with Gasteiger partial charge in [-0.05, 0) is 6.42 Å². The lowest BCUT2D eigenvalue weighted by molar-refractivity contribution is 0.582. The summed E-state index contributed by atoms with van der Waals surface area (Å²) in [7, 11) is -3.65. The molecule has 0 heterocycles. The number of rotatable bonds is 4. The zero-order chi connectivity index (χ0) is 8.91. The van der Waals surface area contributed by atoms with Gasteiger partial charge in [0.1, 0.15) is 0 Å². The zero-order valence-corrected chi connectivity index (χ0v) is 7.26. The van der Waals surface area contributed by atoms with Gasteiger partial charge in [0.05, 0.1) is 6.07 Å². The molecule has 11 heavy (non-hydrogen) atoms. The van der Waals surface area contributed by atoms with E-state index in [9.17, 15) is 8.42 Å². The van der Waals surface area contributed by atoms with Crippen LogP contribution in [0.25, 0.3) is 0 Å². The summed E-state index contributed by atoms with van der Waals surface area (Å²) in [4.78, 5) is 0. The number of sulfonamides is 1. The van der Waals surface area contributed by atoms with Gasteiger partial charge in [-0.3, -0.25) is 0 Å². The van der Waals surface area contributed by atoms with Crippen LogP contribution in [0.2, 0.25) is 0 Å². The number of nitriles is 1. The largest absolute Gasteiger partial charge is 0.228 e. The van der Waals surface area contributed by atoms with Crippen LogP contribution in [0, 0.1) is 11.3 Å². The van der Waals surface area contributed by atoms with Gasteiger partial charge < -0.3 is 0 Å². The molecule has 0 saturated carbocycles. The average Bonchev–Trinajstić information content (AvgIpc) is 1.87. The molecule has 0 fully saturated rings. The third kappa shape index (κ3) is 3.96. The minimum Gasteiger partial charge on any atom is -0.228 e. The van der Waals surface area contributed by atoms with Gasteiger partial charge in [0, 0.05) is 0 Å². The van der Waals surface area contributed by atoms with E-state index in [0.717, 1.165) is 6.42 Å². The first kappa shape index (κ1) is 10.4. The molecular weight excluding hydrogens is 164 g/mol. The van der Waals surface area contributed by atoms with Gasteiger partial charge in [0.25, 0.3) is 0 Å². The molecule has 0 spiro atoms. The lowest BCUT2D eigenvalue weighted by Crippen LogP contribution is -2.26. The van der Waals surface area contributed by atoms with Crippen molar-refractivity contribution in [2.45, 2.75) is 31.4 Å². The maximum atomic E-state index is 10.6. The lowest BCUT2D eigenvalue weighted by atomic mass is 10.2. The number of hydrogen-bond donors (Lipinski definition) is 1. The van der Waals surface area contributed by atoms with Crippen LogP contribution in [0.3, 0.4) is 0 Å². The van der Waals surface area contributed by atoms with Crippen molar-refractivity contribution in [3.05, 3.63) is 0 Å². The third-order valence-corrected chi connectivity index (χ3v) is 2.49. The highest BCUT2D eigenvalue weighted by atomic mass is 32.2. The highest BCUT2D eigenvalue weighted by Crippen LogP contribution is 2.05. The fourth-order valence-corrected chi connectivity index (χ4v) is 1.33. The van der Waals surface area contributed by atoms with Crippen molar-refractivity contribution >= 4 is 10.0 Å². The normalized spacial score (nSPS) is 13.9. The number of nitrogens with zero attached hydrogens (tertiary/aromatic N) is 1. The molecule has 0 aromatic rings. The predicted octanol–water partition coefficient (Wildman–Crippen LogP) is 0.357. The second-order valence-electron chi connectivity index (χ2n) is 2.35. The van der Waals surface area contributed by atoms with Gasteiger partial charge >= 0.3 is 0 Å². The highest BCUT2D eigenvalue weighted by Gasteiger charge is 2.19. The first-order valence-corrected chi connectivity index (χ1v) is 5.04. The van der Waals surface area contributed by atoms with Crippen LogP contribution < -0.4 is 5.14 Å². The highest BCUT2D eigenvalue weighted by molar-refractivity contribution is 7.90. The number of unbranched alkanes of at least 4 members (excludes halogenated alkanes) is 1. The summed E-state index contributed by atoms with van der Waals surface area (Å²) in [6.45, 7) is 1.93. The third-order valence-electron chi connectivity index (χ3n) is 1.36. The van der Waals surface area contributed by atoms with E-state index in [-0.39, 0.29) is 0 Å². The van der Waals surface area contributed by atoms with Gasteiger partial charge in [-0.15, -0.1) is 0 Å². The van der Waals surface area contributed by atoms with Gasteiger partial charge in [-0.2, -0.15) is 5.26 Å². The van der Waals surface area contributed by atoms with Crippen LogP contribution in [0.5, 0.6) is 0 Å². The second kappa shape index (κ2) is 4.31. The van der Waals surface area contributed by atoms with Gasteiger partial charge in [0.2, 0.25) is 10.0 Å². The summed E-state index contributed by atoms with van der Waals surface area (Å²) >= 11 is 0. The summed E-state index contributed by atoms with van der Waals surface area (Å²) in [5.41, 5.74) is 0. The minimum absolute atomic E-state index is 0.339. The van der Waals surface area contributed by atoms with E-state index in [2.05, 4.69) is 0 Å². The van der Waals surface area contributed by atoms with Crippen molar-refractivity contribution < 1.29 is 8.42 Å². The topological polar surface area (TPSA) is 83.9 Å². The summed E-state index contributed by atoms with van der Waals surface area (Å²) in [6, 6.07) is 1.66. The van der Waals surface area contributed by atoms with E-state index < -0.39 is 15.3 Å². The monoisotopic (exact) mass is 176 g/mol. The molecule has 0 rings (SSSR count). The van der Waals surface area contributed by atoms with E-state index in [0.29, 0.717) is 12.8 Å². The standard InChI is InChI=1S/C6H12N2O2S/c1-2-3-4-6(5-7)11(8,9)10/h6H,2-4H2,1H3,(H2,8,9,10). The number of primary sulfonamides is 1. The molecule has 5 heteroatoms. The quantitative estimate of drug-likeness (QED) is 0.671. The predicted molar refractivity (Wildman–Crippen MR) is 42.0 cm³/mol. The summed E-state index contributed by atoms with van der Waals surface area (Å²) in [5.74, 6) is 0. The Hall–Kier alpha value is -0.600. The summed E-state index contributed by atoms with van der Waals surface area (Å²) in [6.07, 6.45) is 1.92. The molecule has 0 aromatic carbocycles. The van der Waals surface area contributed by atoms with Crippen LogP contribution in [-0.2, 0) is 10.0 Å². The van der Waals surface area contributed by atoms with E-state index >= 15 is 0 Å². The van der Waals surface area contributed by atoms with Crippen molar-refractivity contribution in [1.29, 1.82) is 5.26 Å². The van der Waals surface area contributed by atoms with Crippen molar-refractivity contribution in [2.24, 2.45) is 5.14 Å². The fourth-order valence-electron chi connectivity index (χ4n) is 0.692. The Morgan fingerprint density at radius 2 is 2.18 bits per heavy atom. The molecule has 0 aliphatic carbocycles. The molecule has 2 N–H and O–H groups in total. The van der Waals surface area contributed by atoms with Gasteiger partial charge in [-0.25, -0.2) is 13.6 Å². The summed E-state index contributed by atoms with van der Waals surface area (Å²) in [5, 5.41) is 12.1. The van der Waals surface area contributed by atoms with E-state index in [1.54, 1.807) is 6.07 Å². The van der Waals surface area contributed by atoms with Crippen molar-refractivity contribution in [3.8, 4) is 6.07 Å². The van der Waals surface area contributed by atoms with Crippen molar-refractivity contribution in [1.82, 2.24) is 0 Å². The first-order chi connectivity index (χ1) is 5.02. The van der Waals surface area contributed by atoms with Crippen LogP contribution in [0.15, 0.2) is 0 Å². The molecule has 0 aliphatic rings. The zero-order valence-electron chi connectivity index (χ0n) is 6.45. The van der Waals surface area contributed by atoms with E-state index in [1.165, 1.54) is 0 Å². The minimum atomic E-state index is -3.65. The van der Waals surface area contributed by atoms with Crippen molar-refractivity contribution in [2.75, 3.05) is 0 Å².